The van der Waals surface area contributed by atoms with E-state index in [0.29, 0.717) is 12.2 Å². The molecule has 0 aliphatic rings. The first-order valence-electron chi connectivity index (χ1n) is 6.35. The predicted octanol–water partition coefficient (Wildman–Crippen LogP) is 5.29. The molecule has 0 aliphatic heterocycles. The zero-order valence-corrected chi connectivity index (χ0v) is 12.4. The van der Waals surface area contributed by atoms with Crippen LogP contribution in [0.15, 0.2) is 48.8 Å². The minimum absolute atomic E-state index is 0.258. The van der Waals surface area contributed by atoms with Crippen LogP contribution in [0.1, 0.15) is 5.56 Å². The normalized spacial score (nSPS) is 10.8. The van der Waals surface area contributed by atoms with Crippen molar-refractivity contribution < 1.29 is 4.39 Å². The molecule has 2 nitrogen and oxygen atoms in total. The molecule has 2 aromatic carbocycles. The van der Waals surface area contributed by atoms with Crippen molar-refractivity contribution in [3.63, 3.8) is 0 Å². The highest BCUT2D eigenvalue weighted by Gasteiger charge is 2.09. The number of fused-ring (bicyclic) bond motifs is 1. The monoisotopic (exact) mass is 320 g/mol. The van der Waals surface area contributed by atoms with Gasteiger partial charge in [0.15, 0.2) is 0 Å². The lowest BCUT2D eigenvalue weighted by Gasteiger charge is -2.12. The summed E-state index contributed by atoms with van der Waals surface area (Å²) in [5.41, 5.74) is 1.54. The number of hydrogen-bond donors (Lipinski definition) is 1. The van der Waals surface area contributed by atoms with Crippen molar-refractivity contribution in [1.29, 1.82) is 0 Å². The largest absolute Gasteiger partial charge is 0.378 e. The van der Waals surface area contributed by atoms with E-state index in [9.17, 15) is 4.39 Å². The zero-order chi connectivity index (χ0) is 14.8. The minimum Gasteiger partial charge on any atom is -0.378 e. The van der Waals surface area contributed by atoms with Crippen molar-refractivity contribution in [2.45, 2.75) is 6.54 Å². The number of rotatable bonds is 3. The van der Waals surface area contributed by atoms with Gasteiger partial charge in [0.2, 0.25) is 0 Å². The average molecular weight is 321 g/mol. The molecular formula is C16H11Cl2FN2. The summed E-state index contributed by atoms with van der Waals surface area (Å²) in [5, 5.41) is 5.83. The first-order valence-corrected chi connectivity index (χ1v) is 7.11. The van der Waals surface area contributed by atoms with Crippen molar-refractivity contribution in [3.8, 4) is 0 Å². The Morgan fingerprint density at radius 1 is 1.05 bits per heavy atom. The number of pyridine rings is 1. The van der Waals surface area contributed by atoms with Crippen LogP contribution in [0.5, 0.6) is 0 Å². The van der Waals surface area contributed by atoms with E-state index < -0.39 is 5.82 Å². The maximum atomic E-state index is 13.2. The Bertz CT molecular complexity index is 777. The average Bonchev–Trinajstić information content (AvgIpc) is 2.46. The highest BCUT2D eigenvalue weighted by atomic mass is 35.5. The molecule has 3 aromatic rings. The number of aromatic nitrogens is 1. The van der Waals surface area contributed by atoms with Crippen LogP contribution >= 0.6 is 23.2 Å². The van der Waals surface area contributed by atoms with Crippen LogP contribution in [-0.2, 0) is 6.54 Å². The van der Waals surface area contributed by atoms with E-state index in [1.54, 1.807) is 6.20 Å². The number of nitrogens with one attached hydrogen (secondary N) is 1. The fourth-order valence-corrected chi connectivity index (χ4v) is 2.81. The molecule has 0 radical (unpaired) electrons. The Morgan fingerprint density at radius 3 is 2.52 bits per heavy atom. The lowest BCUT2D eigenvalue weighted by molar-refractivity contribution is 0.628. The molecule has 1 heterocycles. The first kappa shape index (κ1) is 14.1. The maximum absolute atomic E-state index is 13.2. The number of benzene rings is 2. The molecule has 3 rings (SSSR count). The highest BCUT2D eigenvalue weighted by molar-refractivity contribution is 6.39. The van der Waals surface area contributed by atoms with Gasteiger partial charge in [0, 0.05) is 24.3 Å². The van der Waals surface area contributed by atoms with Gasteiger partial charge in [0.05, 0.1) is 15.7 Å². The van der Waals surface area contributed by atoms with Crippen LogP contribution < -0.4 is 5.32 Å². The summed E-state index contributed by atoms with van der Waals surface area (Å²) in [6.07, 6.45) is 3.61. The number of nitrogens with zero attached hydrogens (tertiary/aromatic N) is 1. The van der Waals surface area contributed by atoms with E-state index in [4.69, 9.17) is 23.2 Å². The summed E-state index contributed by atoms with van der Waals surface area (Å²) in [7, 11) is 0. The summed E-state index contributed by atoms with van der Waals surface area (Å²) >= 11 is 12.0. The van der Waals surface area contributed by atoms with E-state index in [-0.39, 0.29) is 10.0 Å². The van der Waals surface area contributed by atoms with Crippen molar-refractivity contribution in [3.05, 3.63) is 70.2 Å². The lowest BCUT2D eigenvalue weighted by Crippen LogP contribution is -2.02. The van der Waals surface area contributed by atoms with Crippen LogP contribution in [0, 0.1) is 5.82 Å². The Morgan fingerprint density at radius 2 is 1.76 bits per heavy atom. The van der Waals surface area contributed by atoms with Crippen LogP contribution in [0.25, 0.3) is 10.8 Å². The van der Waals surface area contributed by atoms with Crippen molar-refractivity contribution in [2.24, 2.45) is 0 Å². The molecule has 0 aliphatic carbocycles. The standard InChI is InChI=1S/C16H11Cl2FN2/c17-14-5-12(19)6-15(18)16(14)21-9-11-8-20-7-10-3-1-2-4-13(10)11/h1-8,21H,9H2. The molecule has 0 bridgehead atoms. The quantitative estimate of drug-likeness (QED) is 0.709. The Balaban J connectivity index is 1.91. The van der Waals surface area contributed by atoms with E-state index in [1.165, 1.54) is 12.1 Å². The van der Waals surface area contributed by atoms with Gasteiger partial charge in [-0.1, -0.05) is 47.5 Å². The third-order valence-corrected chi connectivity index (χ3v) is 3.81. The van der Waals surface area contributed by atoms with E-state index >= 15 is 0 Å². The Kier molecular flexibility index (Phi) is 3.95. The molecule has 5 heteroatoms. The molecule has 106 valence electrons. The fourth-order valence-electron chi connectivity index (χ4n) is 2.21. The molecule has 0 saturated carbocycles. The summed E-state index contributed by atoms with van der Waals surface area (Å²) in [6.45, 7) is 0.499. The molecule has 1 aromatic heterocycles. The Hall–Kier alpha value is -1.84. The first-order chi connectivity index (χ1) is 10.1. The maximum Gasteiger partial charge on any atom is 0.126 e. The number of hydrogen-bond acceptors (Lipinski definition) is 2. The van der Waals surface area contributed by atoms with Crippen LogP contribution in [0.3, 0.4) is 0 Å². The van der Waals surface area contributed by atoms with Crippen LogP contribution in [0.2, 0.25) is 10.0 Å². The second-order valence-electron chi connectivity index (χ2n) is 4.62. The third-order valence-electron chi connectivity index (χ3n) is 3.21. The van der Waals surface area contributed by atoms with Crippen molar-refractivity contribution in [2.75, 3.05) is 5.32 Å². The van der Waals surface area contributed by atoms with Crippen LogP contribution in [0.4, 0.5) is 10.1 Å². The van der Waals surface area contributed by atoms with E-state index in [1.807, 2.05) is 30.5 Å². The van der Waals surface area contributed by atoms with Gasteiger partial charge in [0.1, 0.15) is 5.82 Å². The Labute approximate surface area is 131 Å². The molecule has 0 atom stereocenters. The summed E-state index contributed by atoms with van der Waals surface area (Å²) in [4.78, 5) is 4.22. The molecule has 0 saturated heterocycles. The molecule has 1 N–H and O–H groups in total. The van der Waals surface area contributed by atoms with Crippen molar-refractivity contribution >= 4 is 39.7 Å². The molecule has 0 amide bonds. The van der Waals surface area contributed by atoms with Gasteiger partial charge in [-0.05, 0) is 23.1 Å². The second kappa shape index (κ2) is 5.88. The topological polar surface area (TPSA) is 24.9 Å². The second-order valence-corrected chi connectivity index (χ2v) is 5.43. The van der Waals surface area contributed by atoms with E-state index in [0.717, 1.165) is 16.3 Å². The van der Waals surface area contributed by atoms with Gasteiger partial charge >= 0.3 is 0 Å². The number of anilines is 1. The zero-order valence-electron chi connectivity index (χ0n) is 10.9. The summed E-state index contributed by atoms with van der Waals surface area (Å²) in [6, 6.07) is 10.4. The molecule has 0 unspecified atom stereocenters. The van der Waals surface area contributed by atoms with Gasteiger partial charge in [-0.2, -0.15) is 0 Å². The number of halogens is 3. The van der Waals surface area contributed by atoms with Gasteiger partial charge in [-0.25, -0.2) is 4.39 Å². The molecular weight excluding hydrogens is 310 g/mol. The minimum atomic E-state index is -0.456. The van der Waals surface area contributed by atoms with Gasteiger partial charge in [0.25, 0.3) is 0 Å². The van der Waals surface area contributed by atoms with Gasteiger partial charge < -0.3 is 5.32 Å². The van der Waals surface area contributed by atoms with Gasteiger partial charge in [-0.15, -0.1) is 0 Å². The summed E-state index contributed by atoms with van der Waals surface area (Å²) in [5.74, 6) is -0.456. The summed E-state index contributed by atoms with van der Waals surface area (Å²) < 4.78 is 13.2. The lowest BCUT2D eigenvalue weighted by atomic mass is 10.1. The molecule has 0 fully saturated rings. The van der Waals surface area contributed by atoms with Crippen molar-refractivity contribution in [1.82, 2.24) is 4.98 Å². The molecule has 21 heavy (non-hydrogen) atoms. The van der Waals surface area contributed by atoms with Gasteiger partial charge in [-0.3, -0.25) is 4.98 Å². The smallest absolute Gasteiger partial charge is 0.126 e. The predicted molar refractivity (Wildman–Crippen MR) is 85.5 cm³/mol. The fraction of sp³-hybridized carbons (Fsp3) is 0.0625. The van der Waals surface area contributed by atoms with E-state index in [2.05, 4.69) is 10.3 Å². The molecule has 0 spiro atoms. The SMILES string of the molecule is Fc1cc(Cl)c(NCc2cncc3ccccc23)c(Cl)c1. The third kappa shape index (κ3) is 2.94. The van der Waals surface area contributed by atoms with Crippen LogP contribution in [-0.4, -0.2) is 4.98 Å². The highest BCUT2D eigenvalue weighted by Crippen LogP contribution is 2.32.